The summed E-state index contributed by atoms with van der Waals surface area (Å²) in [5, 5.41) is 0. The predicted octanol–water partition coefficient (Wildman–Crippen LogP) is 2.58. The van der Waals surface area contributed by atoms with E-state index in [1.165, 1.54) is 0 Å². The van der Waals surface area contributed by atoms with Crippen molar-refractivity contribution in [1.29, 1.82) is 0 Å². The zero-order chi connectivity index (χ0) is 8.81. The third kappa shape index (κ3) is 3.37. The molecule has 1 aromatic heterocycles. The van der Waals surface area contributed by atoms with Gasteiger partial charge < -0.3 is 9.21 Å². The van der Waals surface area contributed by atoms with Crippen LogP contribution in [0, 0.1) is 0 Å². The highest BCUT2D eigenvalue weighted by Crippen LogP contribution is 2.06. The van der Waals surface area contributed by atoms with Crippen LogP contribution in [0.4, 0.5) is 0 Å². The van der Waals surface area contributed by atoms with Crippen LogP contribution < -0.4 is 0 Å². The van der Waals surface area contributed by atoms with Gasteiger partial charge >= 0.3 is 0 Å². The first-order chi connectivity index (χ1) is 5.79. The van der Waals surface area contributed by atoms with E-state index >= 15 is 0 Å². The molecule has 1 heterocycles. The number of furan rings is 1. The summed E-state index contributed by atoms with van der Waals surface area (Å²) in [6.45, 7) is 1.63. The van der Waals surface area contributed by atoms with Crippen LogP contribution in [0.1, 0.15) is 31.9 Å². The average Bonchev–Trinajstić information content (AvgIpc) is 2.49. The molecule has 1 aromatic rings. The van der Waals surface area contributed by atoms with Gasteiger partial charge in [0.15, 0.2) is 0 Å². The maximum absolute atomic E-state index is 10.6. The molecule has 0 atom stereocenters. The maximum Gasteiger partial charge on any atom is 0.129 e. The normalized spacial score (nSPS) is 10.1. The van der Waals surface area contributed by atoms with Crippen LogP contribution in [0.5, 0.6) is 0 Å². The van der Waals surface area contributed by atoms with Crippen LogP contribution >= 0.6 is 0 Å². The largest absolute Gasteiger partial charge is 0.469 e. The molecule has 2 nitrogen and oxygen atoms in total. The lowest BCUT2D eigenvalue weighted by atomic mass is 10.1. The Bertz CT molecular complexity index is 224. The van der Waals surface area contributed by atoms with Gasteiger partial charge in [-0.25, -0.2) is 0 Å². The highest BCUT2D eigenvalue weighted by Gasteiger charge is 1.96. The Balaban J connectivity index is 2.07. The molecule has 12 heavy (non-hydrogen) atoms. The topological polar surface area (TPSA) is 30.2 Å². The van der Waals surface area contributed by atoms with Crippen LogP contribution in [0.3, 0.4) is 0 Å². The summed E-state index contributed by atoms with van der Waals surface area (Å²) in [6, 6.07) is 3.86. The number of unbranched alkanes of at least 4 members (excludes halogenated alkanes) is 1. The number of Topliss-reactive ketones (excluding diaryl/α,β-unsaturated/α-hetero) is 1. The van der Waals surface area contributed by atoms with E-state index in [1.54, 1.807) is 13.2 Å². The van der Waals surface area contributed by atoms with E-state index in [4.69, 9.17) is 4.42 Å². The summed E-state index contributed by atoms with van der Waals surface area (Å²) in [4.78, 5) is 10.6. The van der Waals surface area contributed by atoms with Crippen molar-refractivity contribution in [3.05, 3.63) is 24.2 Å². The van der Waals surface area contributed by atoms with Crippen molar-refractivity contribution >= 4 is 5.78 Å². The van der Waals surface area contributed by atoms with Crippen LogP contribution in [0.2, 0.25) is 0 Å². The molecule has 0 amide bonds. The van der Waals surface area contributed by atoms with E-state index in [0.717, 1.165) is 25.0 Å². The molecule has 0 bridgehead atoms. The van der Waals surface area contributed by atoms with Gasteiger partial charge in [0.25, 0.3) is 0 Å². The quantitative estimate of drug-likeness (QED) is 0.629. The smallest absolute Gasteiger partial charge is 0.129 e. The zero-order valence-corrected chi connectivity index (χ0v) is 7.38. The molecular weight excluding hydrogens is 152 g/mol. The number of ketones is 1. The molecular formula is C10H14O2. The number of hydrogen-bond acceptors (Lipinski definition) is 2. The van der Waals surface area contributed by atoms with Crippen LogP contribution in [0.15, 0.2) is 22.8 Å². The minimum absolute atomic E-state index is 0.273. The Morgan fingerprint density at radius 2 is 2.33 bits per heavy atom. The highest BCUT2D eigenvalue weighted by atomic mass is 16.3. The fourth-order valence-corrected chi connectivity index (χ4v) is 1.13. The predicted molar refractivity (Wildman–Crippen MR) is 46.9 cm³/mol. The van der Waals surface area contributed by atoms with E-state index in [9.17, 15) is 4.79 Å². The molecule has 0 fully saturated rings. The highest BCUT2D eigenvalue weighted by molar-refractivity contribution is 5.75. The van der Waals surface area contributed by atoms with Crippen molar-refractivity contribution in [2.24, 2.45) is 0 Å². The average molecular weight is 166 g/mol. The second kappa shape index (κ2) is 4.75. The molecule has 1 rings (SSSR count). The van der Waals surface area contributed by atoms with Crippen LogP contribution in [-0.4, -0.2) is 5.78 Å². The third-order valence-electron chi connectivity index (χ3n) is 1.78. The second-order valence-corrected chi connectivity index (χ2v) is 2.99. The lowest BCUT2D eigenvalue weighted by Gasteiger charge is -1.95. The molecule has 0 aromatic carbocycles. The van der Waals surface area contributed by atoms with E-state index < -0.39 is 0 Å². The summed E-state index contributed by atoms with van der Waals surface area (Å²) >= 11 is 0. The van der Waals surface area contributed by atoms with Gasteiger partial charge in [-0.05, 0) is 31.9 Å². The van der Waals surface area contributed by atoms with Crippen molar-refractivity contribution in [2.45, 2.75) is 32.6 Å². The number of carbonyl (C=O) groups excluding carboxylic acids is 1. The van der Waals surface area contributed by atoms with Gasteiger partial charge in [0.05, 0.1) is 6.26 Å². The first kappa shape index (κ1) is 9.04. The van der Waals surface area contributed by atoms with E-state index in [2.05, 4.69) is 0 Å². The van der Waals surface area contributed by atoms with Crippen molar-refractivity contribution in [3.8, 4) is 0 Å². The van der Waals surface area contributed by atoms with Gasteiger partial charge in [-0.15, -0.1) is 0 Å². The fourth-order valence-electron chi connectivity index (χ4n) is 1.13. The lowest BCUT2D eigenvalue weighted by molar-refractivity contribution is -0.117. The number of rotatable bonds is 5. The van der Waals surface area contributed by atoms with E-state index in [-0.39, 0.29) is 5.78 Å². The van der Waals surface area contributed by atoms with Gasteiger partial charge in [-0.2, -0.15) is 0 Å². The standard InChI is InChI=1S/C10H14O2/c1-9(11)5-2-3-6-10-7-4-8-12-10/h4,7-8H,2-3,5-6H2,1H3. The summed E-state index contributed by atoms with van der Waals surface area (Å²) in [5.74, 6) is 1.29. The molecule has 0 N–H and O–H groups in total. The number of aryl methyl sites for hydroxylation is 1. The first-order valence-electron chi connectivity index (χ1n) is 4.31. The maximum atomic E-state index is 10.6. The molecule has 0 spiro atoms. The SMILES string of the molecule is CC(=O)CCCCc1ccco1. The van der Waals surface area contributed by atoms with E-state index in [1.807, 2.05) is 12.1 Å². The molecule has 66 valence electrons. The van der Waals surface area contributed by atoms with Crippen molar-refractivity contribution in [2.75, 3.05) is 0 Å². The van der Waals surface area contributed by atoms with Gasteiger partial charge in [-0.1, -0.05) is 0 Å². The minimum atomic E-state index is 0.273. The lowest BCUT2D eigenvalue weighted by Crippen LogP contribution is -1.90. The zero-order valence-electron chi connectivity index (χ0n) is 7.38. The van der Waals surface area contributed by atoms with Gasteiger partial charge in [0, 0.05) is 12.8 Å². The fraction of sp³-hybridized carbons (Fsp3) is 0.500. The Labute approximate surface area is 72.6 Å². The summed E-state index contributed by atoms with van der Waals surface area (Å²) in [6.07, 6.45) is 5.32. The summed E-state index contributed by atoms with van der Waals surface area (Å²) in [5.41, 5.74) is 0. The monoisotopic (exact) mass is 166 g/mol. The van der Waals surface area contributed by atoms with Gasteiger partial charge in [0.1, 0.15) is 11.5 Å². The molecule has 2 heteroatoms. The van der Waals surface area contributed by atoms with Crippen LogP contribution in [0.25, 0.3) is 0 Å². The van der Waals surface area contributed by atoms with Gasteiger partial charge in [-0.3, -0.25) is 0 Å². The molecule has 0 aliphatic rings. The molecule has 0 aliphatic carbocycles. The molecule has 0 radical (unpaired) electrons. The molecule has 0 saturated heterocycles. The van der Waals surface area contributed by atoms with Crippen LogP contribution in [-0.2, 0) is 11.2 Å². The Morgan fingerprint density at radius 3 is 2.92 bits per heavy atom. The first-order valence-corrected chi connectivity index (χ1v) is 4.31. The minimum Gasteiger partial charge on any atom is -0.469 e. The molecule has 0 aliphatic heterocycles. The third-order valence-corrected chi connectivity index (χ3v) is 1.78. The van der Waals surface area contributed by atoms with E-state index in [0.29, 0.717) is 6.42 Å². The Hall–Kier alpha value is -1.05. The Morgan fingerprint density at radius 1 is 1.50 bits per heavy atom. The Kier molecular flexibility index (Phi) is 3.58. The molecule has 0 saturated carbocycles. The molecule has 0 unspecified atom stereocenters. The van der Waals surface area contributed by atoms with Crippen molar-refractivity contribution in [3.63, 3.8) is 0 Å². The summed E-state index contributed by atoms with van der Waals surface area (Å²) < 4.78 is 5.16. The number of hydrogen-bond donors (Lipinski definition) is 0. The van der Waals surface area contributed by atoms with Crippen molar-refractivity contribution in [1.82, 2.24) is 0 Å². The van der Waals surface area contributed by atoms with Crippen molar-refractivity contribution < 1.29 is 9.21 Å². The van der Waals surface area contributed by atoms with Gasteiger partial charge in [0.2, 0.25) is 0 Å². The number of carbonyl (C=O) groups is 1. The second-order valence-electron chi connectivity index (χ2n) is 2.99. The summed E-state index contributed by atoms with van der Waals surface area (Å²) in [7, 11) is 0.